The lowest BCUT2D eigenvalue weighted by Crippen LogP contribution is -2.30. The Hall–Kier alpha value is -11.9. The number of aromatic carboxylic acids is 1. The topological polar surface area (TPSA) is 287 Å². The first-order chi connectivity index (χ1) is 50.2. The molecule has 0 saturated carbocycles. The fourth-order valence-corrected chi connectivity index (χ4v) is 11.6. The van der Waals surface area contributed by atoms with Crippen molar-refractivity contribution in [2.75, 3.05) is 34.0 Å². The largest absolute Gasteiger partial charge is 0.497 e. The molecule has 12 aromatic rings. The SMILES string of the molecule is CC1=NCc2ncc(-c3cccc(C(=O)O)c3)cc21.CCOC(=O)c1cccc(-c2cnc3c(c2)C(C)=NC3)c1.CCOC(=O)c1cccc(-c2cnc3c(c2)c(C)nn3Cc2ccc(OC)cc2)c1.CCOC(=O)c1cccc(B(O)O)c1.COc1ccc(Cn2nc(C)c3cc(Br)cnc32)cc1. The van der Waals surface area contributed by atoms with Crippen molar-refractivity contribution in [1.82, 2.24) is 39.5 Å². The summed E-state index contributed by atoms with van der Waals surface area (Å²) >= 11 is 3.45. The molecule has 104 heavy (non-hydrogen) atoms. The summed E-state index contributed by atoms with van der Waals surface area (Å²) in [6.45, 7) is 16.9. The lowest BCUT2D eigenvalue weighted by molar-refractivity contribution is 0.0517. The summed E-state index contributed by atoms with van der Waals surface area (Å²) in [7, 11) is 1.76. The smallest absolute Gasteiger partial charge is 0.488 e. The molecule has 14 rings (SSSR count). The molecule has 0 atom stereocenters. The van der Waals surface area contributed by atoms with Gasteiger partial charge in [0.15, 0.2) is 11.3 Å². The third kappa shape index (κ3) is 18.8. The number of carboxylic acid groups (broad SMARTS) is 1. The van der Waals surface area contributed by atoms with Gasteiger partial charge in [-0.3, -0.25) is 20.0 Å². The van der Waals surface area contributed by atoms with Crippen LogP contribution in [0.3, 0.4) is 0 Å². The fourth-order valence-electron chi connectivity index (χ4n) is 11.3. The zero-order valence-electron chi connectivity index (χ0n) is 58.9. The van der Waals surface area contributed by atoms with Crippen molar-refractivity contribution < 1.29 is 58.0 Å². The van der Waals surface area contributed by atoms with Crippen LogP contribution in [0, 0.1) is 13.8 Å². The van der Waals surface area contributed by atoms with Crippen LogP contribution in [0.4, 0.5) is 0 Å². The van der Waals surface area contributed by atoms with E-state index in [-0.39, 0.29) is 23.0 Å². The normalized spacial score (nSPS) is 11.5. The van der Waals surface area contributed by atoms with E-state index in [2.05, 4.69) is 74.2 Å². The van der Waals surface area contributed by atoms with Crippen molar-refractivity contribution in [2.45, 2.75) is 74.6 Å². The number of methoxy groups -OCH3 is 2. The molecule has 8 heterocycles. The average Bonchev–Trinajstić information content (AvgIpc) is 1.63. The minimum absolute atomic E-state index is 0.274. The number of pyridine rings is 4. The van der Waals surface area contributed by atoms with Crippen LogP contribution in [0.5, 0.6) is 11.5 Å². The summed E-state index contributed by atoms with van der Waals surface area (Å²) in [4.78, 5) is 72.8. The van der Waals surface area contributed by atoms with Gasteiger partial charge in [0.2, 0.25) is 0 Å². The van der Waals surface area contributed by atoms with Crippen molar-refractivity contribution in [3.8, 4) is 44.9 Å². The number of aryl methyl sites for hydroxylation is 2. The molecule has 0 saturated heterocycles. The first-order valence-corrected chi connectivity index (χ1v) is 34.1. The van der Waals surface area contributed by atoms with Crippen LogP contribution in [-0.4, -0.2) is 131 Å². The van der Waals surface area contributed by atoms with E-state index >= 15 is 0 Å². The summed E-state index contributed by atoms with van der Waals surface area (Å²) in [6.07, 6.45) is 7.22. The van der Waals surface area contributed by atoms with E-state index in [0.29, 0.717) is 62.7 Å². The van der Waals surface area contributed by atoms with Gasteiger partial charge < -0.3 is 38.8 Å². The van der Waals surface area contributed by atoms with Crippen LogP contribution >= 0.6 is 15.9 Å². The van der Waals surface area contributed by atoms with E-state index in [1.165, 1.54) is 17.7 Å². The number of carboxylic acids is 1. The van der Waals surface area contributed by atoms with Crippen molar-refractivity contribution >= 4 is 85.9 Å². The minimum atomic E-state index is -1.57. The Morgan fingerprint density at radius 1 is 0.462 bits per heavy atom. The summed E-state index contributed by atoms with van der Waals surface area (Å²) in [6, 6.07) is 51.9. The number of hydrogen-bond donors (Lipinski definition) is 3. The number of carbonyl (C=O) groups is 4. The van der Waals surface area contributed by atoms with Gasteiger partial charge in [0.05, 0.1) is 105 Å². The number of esters is 3. The van der Waals surface area contributed by atoms with Crippen molar-refractivity contribution in [1.29, 1.82) is 0 Å². The van der Waals surface area contributed by atoms with E-state index in [1.807, 2.05) is 147 Å². The van der Waals surface area contributed by atoms with Crippen LogP contribution < -0.4 is 14.9 Å². The number of ether oxygens (including phenoxy) is 5. The number of benzene rings is 6. The number of fused-ring (bicyclic) bond motifs is 4. The molecule has 6 aromatic heterocycles. The van der Waals surface area contributed by atoms with Crippen molar-refractivity contribution in [3.05, 3.63) is 266 Å². The van der Waals surface area contributed by atoms with E-state index in [4.69, 9.17) is 38.8 Å². The third-order valence-corrected chi connectivity index (χ3v) is 17.1. The second kappa shape index (κ2) is 35.2. The third-order valence-electron chi connectivity index (χ3n) is 16.7. The first-order valence-electron chi connectivity index (χ1n) is 33.3. The molecule has 22 nitrogen and oxygen atoms in total. The van der Waals surface area contributed by atoms with E-state index < -0.39 is 19.1 Å². The highest BCUT2D eigenvalue weighted by atomic mass is 79.9. The lowest BCUT2D eigenvalue weighted by atomic mass is 9.80. The van der Waals surface area contributed by atoms with Gasteiger partial charge in [-0.25, -0.2) is 38.5 Å². The molecule has 0 bridgehead atoms. The molecule has 0 fully saturated rings. The molecule has 528 valence electrons. The predicted molar refractivity (Wildman–Crippen MR) is 404 cm³/mol. The minimum Gasteiger partial charge on any atom is -0.497 e. The number of hydrogen-bond acceptors (Lipinski definition) is 19. The van der Waals surface area contributed by atoms with Crippen molar-refractivity contribution in [2.24, 2.45) is 9.98 Å². The standard InChI is InChI=1S/C24H23N3O3.C17H16N2O2.C15H14BrN3O.C15H12N2O2.C9H11BO4/c1-4-30-24(28)19-7-5-6-18(12-19)20-13-22-16(2)26-27(23(22)25-14-20)15-17-8-10-21(29-3)11-9-17;1-3-21-17(20)13-6-4-5-12(7-13)14-8-15-11(2)18-10-16(15)19-9-14;1-10-14-7-12(16)8-17-15(14)19(18-10)9-11-3-5-13(20-2)6-4-11;1-9-13-6-12(7-17-14(13)8-16-9)10-3-2-4-11(5-10)15(18)19;1-2-14-9(11)7-4-3-5-8(6-7)10(12)13/h5-14H,4,15H2,1-3H3;4-9H,3,10H2,1-2H3;3-8H,9H2,1-2H3;2-7H,8H2,1H3,(H,18,19);3-6,12-13H,2H2,1H3. The molecule has 6 aromatic carbocycles. The van der Waals surface area contributed by atoms with Gasteiger partial charge in [-0.1, -0.05) is 72.8 Å². The number of rotatable bonds is 17. The van der Waals surface area contributed by atoms with Gasteiger partial charge in [0.25, 0.3) is 0 Å². The number of carbonyl (C=O) groups excluding carboxylic acids is 3. The Kier molecular flexibility index (Phi) is 25.3. The van der Waals surface area contributed by atoms with Crippen LogP contribution in [0.2, 0.25) is 0 Å². The monoisotopic (exact) mass is 1460 g/mol. The maximum atomic E-state index is 12.1. The zero-order chi connectivity index (χ0) is 74.0. The summed E-state index contributed by atoms with van der Waals surface area (Å²) < 4.78 is 30.1. The number of aliphatic imine (C=N–C) groups is 2. The van der Waals surface area contributed by atoms with Gasteiger partial charge >= 0.3 is 31.0 Å². The van der Waals surface area contributed by atoms with Crippen LogP contribution in [-0.2, 0) is 40.4 Å². The summed E-state index contributed by atoms with van der Waals surface area (Å²) in [5.41, 5.74) is 19.6. The number of halogens is 1. The van der Waals surface area contributed by atoms with E-state index in [1.54, 1.807) is 89.8 Å². The Bertz CT molecular complexity index is 5160. The summed E-state index contributed by atoms with van der Waals surface area (Å²) in [5.74, 6) is -0.322. The average molecular weight is 1460 g/mol. The highest BCUT2D eigenvalue weighted by molar-refractivity contribution is 9.10. The molecule has 0 spiro atoms. The van der Waals surface area contributed by atoms with Gasteiger partial charge in [0, 0.05) is 79.3 Å². The number of nitrogens with zero attached hydrogens (tertiary/aromatic N) is 10. The molecule has 3 N–H and O–H groups in total. The molecular formula is C80H76BBrN10O12. The zero-order valence-corrected chi connectivity index (χ0v) is 60.5. The van der Waals surface area contributed by atoms with E-state index in [0.717, 1.165) is 122 Å². The second-order valence-corrected chi connectivity index (χ2v) is 24.7. The van der Waals surface area contributed by atoms with Gasteiger partial charge in [-0.2, -0.15) is 10.2 Å². The molecule has 24 heteroatoms. The lowest BCUT2D eigenvalue weighted by Gasteiger charge is -2.07. The molecule has 0 amide bonds. The van der Waals surface area contributed by atoms with Crippen molar-refractivity contribution in [3.63, 3.8) is 0 Å². The second-order valence-electron chi connectivity index (χ2n) is 23.8. The summed E-state index contributed by atoms with van der Waals surface area (Å²) in [5, 5.41) is 38.1. The molecule has 0 aliphatic carbocycles. The Morgan fingerprint density at radius 2 is 0.846 bits per heavy atom. The maximum absolute atomic E-state index is 12.1. The Balaban J connectivity index is 0.000000143. The fraction of sp³-hybridized carbons (Fsp3) is 0.200. The van der Waals surface area contributed by atoms with Gasteiger partial charge in [0.1, 0.15) is 11.5 Å². The molecule has 2 aliphatic heterocycles. The predicted octanol–water partition coefficient (Wildman–Crippen LogP) is 13.8. The number of aromatic nitrogens is 8. The van der Waals surface area contributed by atoms with Crippen LogP contribution in [0.1, 0.15) is 121 Å². The Labute approximate surface area is 610 Å². The molecule has 2 aliphatic rings. The van der Waals surface area contributed by atoms with Crippen LogP contribution in [0.25, 0.3) is 55.4 Å². The van der Waals surface area contributed by atoms with E-state index in [9.17, 15) is 19.2 Å². The highest BCUT2D eigenvalue weighted by Crippen LogP contribution is 2.30. The highest BCUT2D eigenvalue weighted by Gasteiger charge is 2.20. The first kappa shape index (κ1) is 74.8. The molecule has 0 radical (unpaired) electrons. The quantitative estimate of drug-likeness (QED) is 0.0434. The van der Waals surface area contributed by atoms with Crippen LogP contribution in [0.15, 0.2) is 209 Å². The maximum Gasteiger partial charge on any atom is 0.488 e. The van der Waals surface area contributed by atoms with Gasteiger partial charge in [-0.15, -0.1) is 0 Å². The van der Waals surface area contributed by atoms with Gasteiger partial charge in [-0.05, 0) is 195 Å². The molecular weight excluding hydrogens is 1380 g/mol. The molecule has 0 unspecified atom stereocenters. The Morgan fingerprint density at radius 3 is 1.27 bits per heavy atom.